The van der Waals surface area contributed by atoms with E-state index in [1.807, 2.05) is 0 Å². The van der Waals surface area contributed by atoms with E-state index >= 15 is 0 Å². The molecule has 0 radical (unpaired) electrons. The zero-order valence-electron chi connectivity index (χ0n) is 15.5. The Bertz CT molecular complexity index is 1170. The van der Waals surface area contributed by atoms with Crippen molar-refractivity contribution in [3.8, 4) is 5.75 Å². The van der Waals surface area contributed by atoms with Crippen LogP contribution in [0.2, 0.25) is 0 Å². The van der Waals surface area contributed by atoms with Crippen molar-refractivity contribution in [2.45, 2.75) is 12.8 Å². The number of nitrogens with one attached hydrogen (secondary N) is 2. The lowest BCUT2D eigenvalue weighted by molar-refractivity contribution is -0.137. The highest BCUT2D eigenvalue weighted by molar-refractivity contribution is 6.09. The molecule has 0 fully saturated rings. The monoisotopic (exact) mass is 411 g/mol. The molecule has 152 valence electrons. The maximum absolute atomic E-state index is 12.7. The van der Waals surface area contributed by atoms with Crippen molar-refractivity contribution >= 4 is 22.5 Å². The summed E-state index contributed by atoms with van der Waals surface area (Å²) in [5, 5.41) is 3.58. The van der Waals surface area contributed by atoms with E-state index in [1.165, 1.54) is 18.3 Å². The van der Waals surface area contributed by atoms with Crippen LogP contribution in [0.4, 0.5) is 18.9 Å². The molecular formula is C22H16F3N3O2. The lowest BCUT2D eigenvalue weighted by atomic mass is 10.1. The van der Waals surface area contributed by atoms with Gasteiger partial charge in [0.15, 0.2) is 0 Å². The molecule has 2 heterocycles. The summed E-state index contributed by atoms with van der Waals surface area (Å²) in [5.74, 6) is 0.235. The second kappa shape index (κ2) is 7.90. The molecule has 4 aromatic rings. The van der Waals surface area contributed by atoms with E-state index in [4.69, 9.17) is 4.74 Å². The number of ether oxygens (including phenoxy) is 1. The van der Waals surface area contributed by atoms with Gasteiger partial charge in [-0.25, -0.2) is 0 Å². The second-order valence-electron chi connectivity index (χ2n) is 6.59. The average molecular weight is 411 g/mol. The third kappa shape index (κ3) is 4.27. The normalized spacial score (nSPS) is 11.4. The quantitative estimate of drug-likeness (QED) is 0.461. The van der Waals surface area contributed by atoms with Crippen molar-refractivity contribution in [1.82, 2.24) is 9.97 Å². The molecule has 5 nitrogen and oxygen atoms in total. The molecule has 2 aromatic carbocycles. The number of amides is 1. The van der Waals surface area contributed by atoms with Gasteiger partial charge in [-0.3, -0.25) is 9.78 Å². The summed E-state index contributed by atoms with van der Waals surface area (Å²) in [5.41, 5.74) is 1.73. The maximum atomic E-state index is 12.7. The SMILES string of the molecule is O=C(Nc1c[nH]c2ccc(OCc3ccc(C(F)(F)F)cc3)cc12)c1cccnc1. The summed E-state index contributed by atoms with van der Waals surface area (Å²) in [6, 6.07) is 13.5. The Kier molecular flexibility index (Phi) is 5.14. The lowest BCUT2D eigenvalue weighted by Gasteiger charge is -2.10. The minimum absolute atomic E-state index is 0.117. The second-order valence-corrected chi connectivity index (χ2v) is 6.59. The van der Waals surface area contributed by atoms with Crippen LogP contribution < -0.4 is 10.1 Å². The number of anilines is 1. The molecule has 2 aromatic heterocycles. The van der Waals surface area contributed by atoms with Crippen LogP contribution in [0.25, 0.3) is 10.9 Å². The molecule has 0 aliphatic heterocycles. The fraction of sp³-hybridized carbons (Fsp3) is 0.0909. The van der Waals surface area contributed by atoms with Gasteiger partial charge in [-0.2, -0.15) is 13.2 Å². The third-order valence-corrected chi connectivity index (χ3v) is 4.51. The van der Waals surface area contributed by atoms with Gasteiger partial charge >= 0.3 is 6.18 Å². The molecule has 0 atom stereocenters. The van der Waals surface area contributed by atoms with Gasteiger partial charge in [0.1, 0.15) is 12.4 Å². The van der Waals surface area contributed by atoms with Crippen LogP contribution in [0.1, 0.15) is 21.5 Å². The number of pyridine rings is 1. The highest BCUT2D eigenvalue weighted by Gasteiger charge is 2.29. The molecule has 0 aliphatic rings. The van der Waals surface area contributed by atoms with E-state index in [1.54, 1.807) is 42.7 Å². The number of H-pyrrole nitrogens is 1. The first-order valence-electron chi connectivity index (χ1n) is 9.01. The van der Waals surface area contributed by atoms with Crippen LogP contribution >= 0.6 is 0 Å². The fourth-order valence-electron chi connectivity index (χ4n) is 2.94. The Hall–Kier alpha value is -3.81. The molecular weight excluding hydrogens is 395 g/mol. The largest absolute Gasteiger partial charge is 0.489 e. The molecule has 0 bridgehead atoms. The number of fused-ring (bicyclic) bond motifs is 1. The molecule has 30 heavy (non-hydrogen) atoms. The van der Waals surface area contributed by atoms with Gasteiger partial charge in [-0.05, 0) is 48.0 Å². The predicted octanol–water partition coefficient (Wildman–Crippen LogP) is 5.41. The number of aromatic nitrogens is 2. The molecule has 0 unspecified atom stereocenters. The molecule has 4 rings (SSSR count). The minimum Gasteiger partial charge on any atom is -0.489 e. The van der Waals surface area contributed by atoms with Crippen molar-refractivity contribution in [1.29, 1.82) is 0 Å². The standard InChI is InChI=1S/C22H16F3N3O2/c23-22(24,25)16-5-3-14(4-6-16)13-30-17-7-8-19-18(10-17)20(12-27-19)28-21(29)15-2-1-9-26-11-15/h1-12,27H,13H2,(H,28,29). The summed E-state index contributed by atoms with van der Waals surface area (Å²) < 4.78 is 43.7. The summed E-state index contributed by atoms with van der Waals surface area (Å²) in [7, 11) is 0. The predicted molar refractivity (Wildman–Crippen MR) is 106 cm³/mol. The van der Waals surface area contributed by atoms with E-state index in [0.29, 0.717) is 22.6 Å². The number of benzene rings is 2. The van der Waals surface area contributed by atoms with Crippen molar-refractivity contribution in [2.24, 2.45) is 0 Å². The van der Waals surface area contributed by atoms with Gasteiger partial charge in [0, 0.05) is 29.5 Å². The maximum Gasteiger partial charge on any atom is 0.416 e. The minimum atomic E-state index is -4.37. The Morgan fingerprint density at radius 3 is 2.60 bits per heavy atom. The van der Waals surface area contributed by atoms with E-state index in [9.17, 15) is 18.0 Å². The number of aromatic amines is 1. The van der Waals surface area contributed by atoms with Crippen molar-refractivity contribution in [2.75, 3.05) is 5.32 Å². The van der Waals surface area contributed by atoms with Crippen molar-refractivity contribution < 1.29 is 22.7 Å². The van der Waals surface area contributed by atoms with Crippen LogP contribution in [0.3, 0.4) is 0 Å². The number of carbonyl (C=O) groups excluding carboxylic acids is 1. The number of alkyl halides is 3. The molecule has 0 spiro atoms. The van der Waals surface area contributed by atoms with Crippen LogP contribution in [-0.2, 0) is 12.8 Å². The van der Waals surface area contributed by atoms with Gasteiger partial charge < -0.3 is 15.0 Å². The number of halogens is 3. The number of carbonyl (C=O) groups is 1. The van der Waals surface area contributed by atoms with Crippen LogP contribution in [0.15, 0.2) is 73.2 Å². The first kappa shape index (κ1) is 19.5. The molecule has 2 N–H and O–H groups in total. The smallest absolute Gasteiger partial charge is 0.416 e. The Balaban J connectivity index is 1.48. The molecule has 0 aliphatic carbocycles. The number of hydrogen-bond acceptors (Lipinski definition) is 3. The van der Waals surface area contributed by atoms with Gasteiger partial charge in [0.25, 0.3) is 5.91 Å². The fourth-order valence-corrected chi connectivity index (χ4v) is 2.94. The highest BCUT2D eigenvalue weighted by atomic mass is 19.4. The highest BCUT2D eigenvalue weighted by Crippen LogP contribution is 2.30. The van der Waals surface area contributed by atoms with Crippen LogP contribution in [-0.4, -0.2) is 15.9 Å². The molecule has 8 heteroatoms. The van der Waals surface area contributed by atoms with Crippen LogP contribution in [0, 0.1) is 0 Å². The van der Waals surface area contributed by atoms with Gasteiger partial charge in [-0.1, -0.05) is 12.1 Å². The average Bonchev–Trinajstić information content (AvgIpc) is 3.14. The van der Waals surface area contributed by atoms with Gasteiger partial charge in [0.2, 0.25) is 0 Å². The van der Waals surface area contributed by atoms with Crippen LogP contribution in [0.5, 0.6) is 5.75 Å². The van der Waals surface area contributed by atoms with Gasteiger partial charge in [-0.15, -0.1) is 0 Å². The van der Waals surface area contributed by atoms with E-state index < -0.39 is 11.7 Å². The zero-order valence-corrected chi connectivity index (χ0v) is 15.5. The Morgan fingerprint density at radius 2 is 1.90 bits per heavy atom. The summed E-state index contributed by atoms with van der Waals surface area (Å²) in [4.78, 5) is 19.4. The first-order chi connectivity index (χ1) is 14.4. The number of hydrogen-bond donors (Lipinski definition) is 2. The molecule has 1 amide bonds. The zero-order chi connectivity index (χ0) is 21.1. The van der Waals surface area contributed by atoms with E-state index in [2.05, 4.69) is 15.3 Å². The van der Waals surface area contributed by atoms with E-state index in [0.717, 1.165) is 23.0 Å². The Morgan fingerprint density at radius 1 is 1.10 bits per heavy atom. The molecule has 0 saturated carbocycles. The molecule has 0 saturated heterocycles. The summed E-state index contributed by atoms with van der Waals surface area (Å²) in [6.45, 7) is 0.117. The van der Waals surface area contributed by atoms with Crippen molar-refractivity contribution in [3.05, 3.63) is 89.9 Å². The van der Waals surface area contributed by atoms with Gasteiger partial charge in [0.05, 0.1) is 16.8 Å². The third-order valence-electron chi connectivity index (χ3n) is 4.51. The first-order valence-corrected chi connectivity index (χ1v) is 9.01. The topological polar surface area (TPSA) is 67.0 Å². The summed E-state index contributed by atoms with van der Waals surface area (Å²) >= 11 is 0. The summed E-state index contributed by atoms with van der Waals surface area (Å²) in [6.07, 6.45) is 0.374. The lowest BCUT2D eigenvalue weighted by Crippen LogP contribution is -2.11. The Labute approximate surface area is 169 Å². The van der Waals surface area contributed by atoms with Crippen molar-refractivity contribution in [3.63, 3.8) is 0 Å². The van der Waals surface area contributed by atoms with E-state index in [-0.39, 0.29) is 12.5 Å². The number of nitrogens with zero attached hydrogens (tertiary/aromatic N) is 1. The number of rotatable bonds is 5.